The maximum atomic E-state index is 15.0. The minimum atomic E-state index is -0.944. The number of nitrogens with zero attached hydrogens (tertiary/aromatic N) is 3. The molecular formula is C45H62N4O7S. The Morgan fingerprint density at radius 2 is 1.61 bits per heavy atom. The number of amides is 2. The first-order valence-corrected chi connectivity index (χ1v) is 21.3. The van der Waals surface area contributed by atoms with E-state index in [1.54, 1.807) is 12.3 Å². The lowest BCUT2D eigenvalue weighted by atomic mass is 9.82. The zero-order chi connectivity index (χ0) is 41.6. The Bertz CT molecular complexity index is 1770. The Morgan fingerprint density at radius 1 is 0.965 bits per heavy atom. The minimum Gasteiger partial charge on any atom is -0.481 e. The molecule has 2 amide bonds. The van der Waals surface area contributed by atoms with Crippen LogP contribution in [0.3, 0.4) is 0 Å². The highest BCUT2D eigenvalue weighted by molar-refractivity contribution is 7.09. The van der Waals surface area contributed by atoms with Gasteiger partial charge < -0.3 is 20.1 Å². The highest BCUT2D eigenvalue weighted by Gasteiger charge is 2.39. The molecular weight excluding hydrogens is 741 g/mol. The molecule has 7 unspecified atom stereocenters. The van der Waals surface area contributed by atoms with Crippen molar-refractivity contribution in [2.45, 2.75) is 124 Å². The molecule has 0 spiro atoms. The van der Waals surface area contributed by atoms with Crippen LogP contribution in [0.15, 0.2) is 66.0 Å². The van der Waals surface area contributed by atoms with E-state index in [1.807, 2.05) is 100 Å². The zero-order valence-corrected chi connectivity index (χ0v) is 35.5. The molecule has 7 atom stereocenters. The molecule has 2 heterocycles. The highest BCUT2D eigenvalue weighted by atomic mass is 32.1. The van der Waals surface area contributed by atoms with E-state index in [1.165, 1.54) is 18.3 Å². The van der Waals surface area contributed by atoms with Crippen molar-refractivity contribution < 1.29 is 33.8 Å². The quantitative estimate of drug-likeness (QED) is 0.103. The molecule has 1 saturated heterocycles. The van der Waals surface area contributed by atoms with Crippen LogP contribution in [-0.4, -0.2) is 81.1 Å². The second-order valence-corrected chi connectivity index (χ2v) is 17.0. The van der Waals surface area contributed by atoms with Crippen molar-refractivity contribution in [1.29, 1.82) is 0 Å². The Labute approximate surface area is 342 Å². The number of benzene rings is 2. The van der Waals surface area contributed by atoms with Crippen LogP contribution in [0.4, 0.5) is 0 Å². The number of rotatable bonds is 21. The summed E-state index contributed by atoms with van der Waals surface area (Å²) in [5.41, 5.74) is 2.04. The number of esters is 1. The van der Waals surface area contributed by atoms with E-state index < -0.39 is 47.9 Å². The summed E-state index contributed by atoms with van der Waals surface area (Å²) < 4.78 is 5.93. The summed E-state index contributed by atoms with van der Waals surface area (Å²) in [5.74, 6) is -3.25. The number of ketones is 1. The Hall–Kier alpha value is -4.42. The van der Waals surface area contributed by atoms with Gasteiger partial charge in [-0.3, -0.25) is 28.9 Å². The molecule has 3 aromatic rings. The van der Waals surface area contributed by atoms with Gasteiger partial charge in [-0.2, -0.15) is 0 Å². The maximum Gasteiger partial charge on any atom is 0.306 e. The normalized spacial score (nSPS) is 17.8. The molecule has 11 nitrogen and oxygen atoms in total. The minimum absolute atomic E-state index is 0.0464. The summed E-state index contributed by atoms with van der Waals surface area (Å²) in [7, 11) is 1.99. The molecule has 0 aliphatic carbocycles. The average molecular weight is 803 g/mol. The number of carbonyl (C=O) groups is 5. The molecule has 1 aliphatic rings. The SMILES string of the molecule is CCC(C)C(CC(=O)C1CCCCN1C)C(=O)N(Cc1ccccc1)C(CC(OC(C)=O)c1nc(C(=O)NC(Cc2ccccc2)CC(C)C(=O)O)cs1)C(C)C. The van der Waals surface area contributed by atoms with Crippen LogP contribution >= 0.6 is 11.3 Å². The second-order valence-electron chi connectivity index (χ2n) is 16.2. The van der Waals surface area contributed by atoms with Crippen molar-refractivity contribution >= 4 is 40.9 Å². The summed E-state index contributed by atoms with van der Waals surface area (Å²) >= 11 is 1.20. The fourth-order valence-electron chi connectivity index (χ4n) is 7.80. The Kier molecular flexibility index (Phi) is 17.4. The molecule has 1 fully saturated rings. The van der Waals surface area contributed by atoms with E-state index in [9.17, 15) is 24.3 Å². The largest absolute Gasteiger partial charge is 0.481 e. The molecule has 57 heavy (non-hydrogen) atoms. The summed E-state index contributed by atoms with van der Waals surface area (Å²) in [6.45, 7) is 12.3. The number of carboxylic acids is 1. The van der Waals surface area contributed by atoms with E-state index in [0.717, 1.165) is 43.4 Å². The Balaban J connectivity index is 1.64. The van der Waals surface area contributed by atoms with Crippen molar-refractivity contribution in [2.24, 2.45) is 23.7 Å². The van der Waals surface area contributed by atoms with Crippen molar-refractivity contribution in [3.8, 4) is 0 Å². The number of carbonyl (C=O) groups excluding carboxylic acids is 4. The number of aromatic nitrogens is 1. The van der Waals surface area contributed by atoms with Crippen LogP contribution < -0.4 is 5.32 Å². The number of carboxylic acid groups (broad SMARTS) is 1. The van der Waals surface area contributed by atoms with Gasteiger partial charge in [0.1, 0.15) is 10.7 Å². The van der Waals surface area contributed by atoms with Gasteiger partial charge in [-0.25, -0.2) is 4.98 Å². The van der Waals surface area contributed by atoms with Crippen LogP contribution in [0.2, 0.25) is 0 Å². The molecule has 1 aliphatic heterocycles. The molecule has 4 rings (SSSR count). The monoisotopic (exact) mass is 802 g/mol. The molecule has 12 heteroatoms. The number of ether oxygens (including phenoxy) is 1. The molecule has 2 aromatic carbocycles. The summed E-state index contributed by atoms with van der Waals surface area (Å²) in [5, 5.41) is 14.7. The van der Waals surface area contributed by atoms with Gasteiger partial charge in [-0.15, -0.1) is 11.3 Å². The van der Waals surface area contributed by atoms with Gasteiger partial charge in [0, 0.05) is 49.7 Å². The third-order valence-corrected chi connectivity index (χ3v) is 12.3. The lowest BCUT2D eigenvalue weighted by Gasteiger charge is -2.40. The number of thiazole rings is 1. The molecule has 2 N–H and O–H groups in total. The van der Waals surface area contributed by atoms with E-state index in [4.69, 9.17) is 4.74 Å². The molecule has 0 bridgehead atoms. The number of aliphatic carboxylic acids is 1. The summed E-state index contributed by atoms with van der Waals surface area (Å²) in [6, 6.07) is 18.3. The standard InChI is InChI=1S/C45H62N4O7S/c1-8-30(4)36(25-40(51)38-21-15-16-22-48(38)7)44(53)49(27-34-19-13-10-14-20-34)39(29(2)3)26-41(56-32(6)50)43-47-37(28-57-43)42(52)46-35(23-31(5)45(54)55)24-33-17-11-9-12-18-33/h9-14,17-20,28-31,35-36,38-39,41H,8,15-16,21-27H2,1-7H3,(H,46,52)(H,54,55). The van der Waals surface area contributed by atoms with Gasteiger partial charge in [0.25, 0.3) is 5.91 Å². The van der Waals surface area contributed by atoms with Crippen molar-refractivity contribution in [1.82, 2.24) is 20.1 Å². The van der Waals surface area contributed by atoms with Crippen LogP contribution in [0, 0.1) is 23.7 Å². The first-order chi connectivity index (χ1) is 27.2. The first-order valence-electron chi connectivity index (χ1n) is 20.5. The predicted octanol–water partition coefficient (Wildman–Crippen LogP) is 7.75. The second kappa shape index (κ2) is 21.9. The van der Waals surface area contributed by atoms with Gasteiger partial charge in [0.2, 0.25) is 5.91 Å². The highest BCUT2D eigenvalue weighted by Crippen LogP contribution is 2.34. The van der Waals surface area contributed by atoms with Crippen LogP contribution in [0.25, 0.3) is 0 Å². The fraction of sp³-hybridized carbons (Fsp3) is 0.556. The van der Waals surface area contributed by atoms with Crippen LogP contribution in [0.1, 0.15) is 119 Å². The van der Waals surface area contributed by atoms with Gasteiger partial charge in [0.05, 0.1) is 12.0 Å². The number of likely N-dealkylation sites (N-methyl/N-ethyl adjacent to an activating group) is 1. The maximum absolute atomic E-state index is 15.0. The zero-order valence-electron chi connectivity index (χ0n) is 34.7. The topological polar surface area (TPSA) is 146 Å². The number of piperidine rings is 1. The molecule has 310 valence electrons. The Morgan fingerprint density at radius 3 is 2.19 bits per heavy atom. The number of hydrogen-bond acceptors (Lipinski definition) is 9. The molecule has 0 radical (unpaired) electrons. The lowest BCUT2D eigenvalue weighted by molar-refractivity contribution is -0.150. The molecule has 1 aromatic heterocycles. The third-order valence-electron chi connectivity index (χ3n) is 11.4. The van der Waals surface area contributed by atoms with Crippen LogP contribution in [0.5, 0.6) is 0 Å². The average Bonchev–Trinajstić information content (AvgIpc) is 3.68. The summed E-state index contributed by atoms with van der Waals surface area (Å²) in [4.78, 5) is 75.6. The third kappa shape index (κ3) is 13.3. The van der Waals surface area contributed by atoms with Gasteiger partial charge in [-0.1, -0.05) is 108 Å². The van der Waals surface area contributed by atoms with E-state index in [-0.39, 0.29) is 54.5 Å². The number of Topliss-reactive ketones (excluding diaryl/α,β-unsaturated/α-hetero) is 1. The van der Waals surface area contributed by atoms with Crippen molar-refractivity contribution in [3.63, 3.8) is 0 Å². The number of hydrogen-bond donors (Lipinski definition) is 2. The lowest BCUT2D eigenvalue weighted by Crippen LogP contribution is -2.49. The van der Waals surface area contributed by atoms with Gasteiger partial charge in [0.15, 0.2) is 11.9 Å². The number of likely N-dealkylation sites (tertiary alicyclic amines) is 1. The van der Waals surface area contributed by atoms with Crippen molar-refractivity contribution in [2.75, 3.05) is 13.6 Å². The van der Waals surface area contributed by atoms with E-state index >= 15 is 4.79 Å². The molecule has 0 saturated carbocycles. The first kappa shape index (κ1) is 45.3. The fourth-order valence-corrected chi connectivity index (χ4v) is 8.64. The van der Waals surface area contributed by atoms with Gasteiger partial charge >= 0.3 is 11.9 Å². The van der Waals surface area contributed by atoms with E-state index in [0.29, 0.717) is 18.0 Å². The smallest absolute Gasteiger partial charge is 0.306 e. The van der Waals surface area contributed by atoms with Crippen LogP contribution in [-0.2, 0) is 36.9 Å². The number of nitrogens with one attached hydrogen (secondary N) is 1. The van der Waals surface area contributed by atoms with Crippen molar-refractivity contribution in [3.05, 3.63) is 87.9 Å². The predicted molar refractivity (Wildman–Crippen MR) is 223 cm³/mol. The van der Waals surface area contributed by atoms with E-state index in [2.05, 4.69) is 15.2 Å². The summed E-state index contributed by atoms with van der Waals surface area (Å²) in [6.07, 6.45) is 3.78. The van der Waals surface area contributed by atoms with Gasteiger partial charge in [-0.05, 0) is 62.2 Å².